The van der Waals surface area contributed by atoms with Gasteiger partial charge in [-0.3, -0.25) is 4.68 Å². The molecule has 27 heavy (non-hydrogen) atoms. The molecule has 2 aromatic rings. The molecule has 0 radical (unpaired) electrons. The third-order valence-electron chi connectivity index (χ3n) is 3.83. The number of hydrogen-bond donors (Lipinski definition) is 2. The fourth-order valence-electron chi connectivity index (χ4n) is 2.52. The molecule has 2 rings (SSSR count). The zero-order chi connectivity index (χ0) is 19.6. The molecule has 0 aliphatic rings. The van der Waals surface area contributed by atoms with E-state index < -0.39 is 0 Å². The summed E-state index contributed by atoms with van der Waals surface area (Å²) < 4.78 is 13.1. The van der Waals surface area contributed by atoms with Crippen LogP contribution in [0.15, 0.2) is 24.4 Å². The maximum atomic E-state index is 6.16. The summed E-state index contributed by atoms with van der Waals surface area (Å²) in [5.41, 5.74) is 1.94. The second-order valence-electron chi connectivity index (χ2n) is 5.79. The van der Waals surface area contributed by atoms with Crippen LogP contribution in [0, 0.1) is 0 Å². The number of thiocarbonyl (C=S) groups is 1. The van der Waals surface area contributed by atoms with Crippen LogP contribution >= 0.6 is 23.8 Å². The minimum atomic E-state index is 0.495. The first-order valence-corrected chi connectivity index (χ1v) is 9.98. The minimum absolute atomic E-state index is 0.495. The summed E-state index contributed by atoms with van der Waals surface area (Å²) in [4.78, 5) is 0. The van der Waals surface area contributed by atoms with Crippen LogP contribution in [0.25, 0.3) is 0 Å². The Labute approximate surface area is 171 Å². The quantitative estimate of drug-likeness (QED) is 0.584. The van der Waals surface area contributed by atoms with Crippen molar-refractivity contribution in [2.45, 2.75) is 40.3 Å². The number of nitrogens with one attached hydrogen (secondary N) is 2. The average molecular weight is 411 g/mol. The Balaban J connectivity index is 1.80. The highest BCUT2D eigenvalue weighted by molar-refractivity contribution is 7.80. The van der Waals surface area contributed by atoms with Gasteiger partial charge in [-0.25, -0.2) is 0 Å². The van der Waals surface area contributed by atoms with Crippen molar-refractivity contribution < 1.29 is 9.47 Å². The number of halogens is 1. The standard InChI is InChI=1S/C19H27ClN4O2S/c1-4-24-13-15(20)16(23-24)12-22-19(27)21-10-9-14-7-8-17(25-5-2)18(11-14)26-6-3/h7-8,11,13H,4-6,9-10,12H2,1-3H3,(H2,21,22,27). The lowest BCUT2D eigenvalue weighted by Gasteiger charge is -2.13. The third-order valence-corrected chi connectivity index (χ3v) is 4.44. The summed E-state index contributed by atoms with van der Waals surface area (Å²) in [7, 11) is 0. The summed E-state index contributed by atoms with van der Waals surface area (Å²) in [5, 5.41) is 11.9. The topological polar surface area (TPSA) is 60.3 Å². The molecule has 0 spiro atoms. The van der Waals surface area contributed by atoms with E-state index in [1.165, 1.54) is 0 Å². The second-order valence-corrected chi connectivity index (χ2v) is 6.60. The Bertz CT molecular complexity index is 751. The Morgan fingerprint density at radius 1 is 1.15 bits per heavy atom. The first-order chi connectivity index (χ1) is 13.1. The van der Waals surface area contributed by atoms with Crippen LogP contribution in [0.5, 0.6) is 11.5 Å². The van der Waals surface area contributed by atoms with E-state index in [0.717, 1.165) is 35.7 Å². The van der Waals surface area contributed by atoms with Crippen LogP contribution in [0.3, 0.4) is 0 Å². The number of hydrogen-bond acceptors (Lipinski definition) is 4. The van der Waals surface area contributed by atoms with Gasteiger partial charge in [-0.1, -0.05) is 17.7 Å². The van der Waals surface area contributed by atoms with Crippen molar-refractivity contribution in [3.8, 4) is 11.5 Å². The molecule has 1 aromatic heterocycles. The molecule has 0 unspecified atom stereocenters. The van der Waals surface area contributed by atoms with E-state index in [1.54, 1.807) is 4.68 Å². The van der Waals surface area contributed by atoms with Gasteiger partial charge in [0.1, 0.15) is 5.69 Å². The SMILES string of the molecule is CCOc1ccc(CCNC(=S)NCc2nn(CC)cc2Cl)cc1OCC. The van der Waals surface area contributed by atoms with Gasteiger partial charge in [0.05, 0.1) is 24.8 Å². The molecule has 0 saturated carbocycles. The number of aryl methyl sites for hydroxylation is 1. The Hall–Kier alpha value is -1.99. The Morgan fingerprint density at radius 3 is 2.56 bits per heavy atom. The highest BCUT2D eigenvalue weighted by atomic mass is 35.5. The van der Waals surface area contributed by atoms with Crippen molar-refractivity contribution in [1.82, 2.24) is 20.4 Å². The molecular formula is C19H27ClN4O2S. The molecule has 2 N–H and O–H groups in total. The molecule has 0 amide bonds. The van der Waals surface area contributed by atoms with Crippen LogP contribution in [0.4, 0.5) is 0 Å². The van der Waals surface area contributed by atoms with Crippen molar-refractivity contribution in [3.63, 3.8) is 0 Å². The van der Waals surface area contributed by atoms with Crippen LogP contribution in [0.1, 0.15) is 32.0 Å². The summed E-state index contributed by atoms with van der Waals surface area (Å²) in [6.45, 7) is 9.15. The van der Waals surface area contributed by atoms with E-state index in [1.807, 2.05) is 45.2 Å². The van der Waals surface area contributed by atoms with Crippen molar-refractivity contribution in [3.05, 3.63) is 40.7 Å². The molecule has 0 atom stereocenters. The van der Waals surface area contributed by atoms with Gasteiger partial charge >= 0.3 is 0 Å². The van der Waals surface area contributed by atoms with Crippen molar-refractivity contribution in [2.75, 3.05) is 19.8 Å². The van der Waals surface area contributed by atoms with Gasteiger partial charge in [0.25, 0.3) is 0 Å². The first-order valence-electron chi connectivity index (χ1n) is 9.19. The Kier molecular flexibility index (Phi) is 8.67. The van der Waals surface area contributed by atoms with Gasteiger partial charge < -0.3 is 20.1 Å². The second kappa shape index (κ2) is 11.0. The van der Waals surface area contributed by atoms with Crippen LogP contribution in [-0.2, 0) is 19.5 Å². The number of ether oxygens (including phenoxy) is 2. The zero-order valence-electron chi connectivity index (χ0n) is 16.0. The van der Waals surface area contributed by atoms with E-state index in [2.05, 4.69) is 15.7 Å². The van der Waals surface area contributed by atoms with Gasteiger partial charge in [-0.15, -0.1) is 0 Å². The van der Waals surface area contributed by atoms with E-state index in [-0.39, 0.29) is 0 Å². The smallest absolute Gasteiger partial charge is 0.166 e. The monoisotopic (exact) mass is 410 g/mol. The highest BCUT2D eigenvalue weighted by Gasteiger charge is 2.08. The fraction of sp³-hybridized carbons (Fsp3) is 0.474. The molecule has 0 aliphatic heterocycles. The normalized spacial score (nSPS) is 10.5. The van der Waals surface area contributed by atoms with Crippen LogP contribution in [0.2, 0.25) is 5.02 Å². The van der Waals surface area contributed by atoms with Crippen molar-refractivity contribution in [2.24, 2.45) is 0 Å². The number of rotatable bonds is 10. The van der Waals surface area contributed by atoms with Crippen LogP contribution < -0.4 is 20.1 Å². The minimum Gasteiger partial charge on any atom is -0.490 e. The summed E-state index contributed by atoms with van der Waals surface area (Å²) in [5.74, 6) is 1.55. The lowest BCUT2D eigenvalue weighted by Crippen LogP contribution is -2.36. The summed E-state index contributed by atoms with van der Waals surface area (Å²) in [6.07, 6.45) is 2.64. The maximum Gasteiger partial charge on any atom is 0.166 e. The zero-order valence-corrected chi connectivity index (χ0v) is 17.6. The lowest BCUT2D eigenvalue weighted by atomic mass is 10.1. The molecule has 0 fully saturated rings. The molecular weight excluding hydrogens is 384 g/mol. The van der Waals surface area contributed by atoms with Crippen LogP contribution in [-0.4, -0.2) is 34.7 Å². The molecule has 0 saturated heterocycles. The molecule has 8 heteroatoms. The first kappa shape index (κ1) is 21.3. The molecule has 0 aliphatic carbocycles. The predicted octanol–water partition coefficient (Wildman–Crippen LogP) is 3.56. The molecule has 6 nitrogen and oxygen atoms in total. The maximum absolute atomic E-state index is 6.16. The van der Waals surface area contributed by atoms with E-state index in [0.29, 0.717) is 36.4 Å². The van der Waals surface area contributed by atoms with Crippen molar-refractivity contribution in [1.29, 1.82) is 0 Å². The Morgan fingerprint density at radius 2 is 1.89 bits per heavy atom. The summed E-state index contributed by atoms with van der Waals surface area (Å²) in [6, 6.07) is 6.01. The van der Waals surface area contributed by atoms with Gasteiger partial charge in [-0.05, 0) is 57.1 Å². The number of benzene rings is 1. The highest BCUT2D eigenvalue weighted by Crippen LogP contribution is 2.28. The van der Waals surface area contributed by atoms with E-state index in [4.69, 9.17) is 33.3 Å². The predicted molar refractivity (Wildman–Crippen MR) is 113 cm³/mol. The molecule has 1 aromatic carbocycles. The fourth-order valence-corrected chi connectivity index (χ4v) is 2.91. The molecule has 1 heterocycles. The van der Waals surface area contributed by atoms with Crippen molar-refractivity contribution >= 4 is 28.9 Å². The van der Waals surface area contributed by atoms with Gasteiger partial charge in [0.2, 0.25) is 0 Å². The third kappa shape index (κ3) is 6.59. The summed E-state index contributed by atoms with van der Waals surface area (Å²) >= 11 is 11.5. The average Bonchev–Trinajstić information content (AvgIpc) is 3.02. The number of aromatic nitrogens is 2. The van der Waals surface area contributed by atoms with Gasteiger partial charge in [-0.2, -0.15) is 5.10 Å². The molecule has 148 valence electrons. The van der Waals surface area contributed by atoms with E-state index >= 15 is 0 Å². The number of nitrogens with zero attached hydrogens (tertiary/aromatic N) is 2. The lowest BCUT2D eigenvalue weighted by molar-refractivity contribution is 0.287. The largest absolute Gasteiger partial charge is 0.490 e. The molecule has 0 bridgehead atoms. The van der Waals surface area contributed by atoms with Gasteiger partial charge in [0.15, 0.2) is 16.6 Å². The van der Waals surface area contributed by atoms with Gasteiger partial charge in [0, 0.05) is 19.3 Å². The van der Waals surface area contributed by atoms with E-state index in [9.17, 15) is 0 Å².